The zero-order chi connectivity index (χ0) is 19.0. The second kappa shape index (κ2) is 6.74. The molecule has 1 aliphatic rings. The molecule has 0 spiro atoms. The van der Waals surface area contributed by atoms with Crippen LogP contribution >= 0.6 is 0 Å². The number of hydrogen-bond donors (Lipinski definition) is 0. The van der Waals surface area contributed by atoms with Crippen LogP contribution in [0.25, 0.3) is 11.1 Å². The van der Waals surface area contributed by atoms with Crippen LogP contribution in [0.5, 0.6) is 0 Å². The Morgan fingerprint density at radius 3 is 2.44 bits per heavy atom. The summed E-state index contributed by atoms with van der Waals surface area (Å²) < 4.78 is 5.17. The first-order valence-electron chi connectivity index (χ1n) is 9.13. The van der Waals surface area contributed by atoms with E-state index in [2.05, 4.69) is 58.0 Å². The van der Waals surface area contributed by atoms with E-state index < -0.39 is 0 Å². The molecule has 5 heteroatoms. The van der Waals surface area contributed by atoms with Gasteiger partial charge in [-0.25, -0.2) is 9.97 Å². The summed E-state index contributed by atoms with van der Waals surface area (Å²) in [6, 6.07) is 10.8. The van der Waals surface area contributed by atoms with E-state index >= 15 is 0 Å². The molecular formula is C22H24N4O. The van der Waals surface area contributed by atoms with E-state index in [-0.39, 0.29) is 5.41 Å². The van der Waals surface area contributed by atoms with Crippen molar-refractivity contribution in [1.29, 1.82) is 0 Å². The summed E-state index contributed by atoms with van der Waals surface area (Å²) in [5.41, 5.74) is 6.83. The average molecular weight is 360 g/mol. The number of pyridine rings is 1. The molecule has 0 radical (unpaired) electrons. The van der Waals surface area contributed by atoms with E-state index in [4.69, 9.17) is 4.74 Å². The summed E-state index contributed by atoms with van der Waals surface area (Å²) in [5.74, 6) is 0.782. The zero-order valence-corrected chi connectivity index (χ0v) is 16.2. The van der Waals surface area contributed by atoms with Crippen molar-refractivity contribution in [2.45, 2.75) is 32.8 Å². The third-order valence-electron chi connectivity index (χ3n) is 5.10. The summed E-state index contributed by atoms with van der Waals surface area (Å²) in [7, 11) is 1.69. The van der Waals surface area contributed by atoms with Crippen molar-refractivity contribution >= 4 is 11.4 Å². The highest BCUT2D eigenvalue weighted by Crippen LogP contribution is 2.45. The molecule has 138 valence electrons. The van der Waals surface area contributed by atoms with Gasteiger partial charge in [0.25, 0.3) is 0 Å². The summed E-state index contributed by atoms with van der Waals surface area (Å²) in [5, 5.41) is 0. The van der Waals surface area contributed by atoms with Gasteiger partial charge in [-0.2, -0.15) is 0 Å². The minimum Gasteiger partial charge on any atom is -0.378 e. The van der Waals surface area contributed by atoms with E-state index in [0.29, 0.717) is 6.61 Å². The number of methoxy groups -OCH3 is 1. The Balaban J connectivity index is 1.74. The van der Waals surface area contributed by atoms with Gasteiger partial charge in [0.15, 0.2) is 0 Å². The molecule has 0 saturated heterocycles. The van der Waals surface area contributed by atoms with Crippen LogP contribution in [-0.4, -0.2) is 28.6 Å². The average Bonchev–Trinajstić information content (AvgIpc) is 2.94. The van der Waals surface area contributed by atoms with Gasteiger partial charge in [0, 0.05) is 42.7 Å². The lowest BCUT2D eigenvalue weighted by molar-refractivity contribution is 0.181. The molecule has 1 aliphatic heterocycles. The van der Waals surface area contributed by atoms with Crippen LogP contribution in [0.3, 0.4) is 0 Å². The zero-order valence-electron chi connectivity index (χ0n) is 16.2. The minimum absolute atomic E-state index is 0.0723. The molecule has 0 unspecified atom stereocenters. The van der Waals surface area contributed by atoms with Gasteiger partial charge in [-0.15, -0.1) is 0 Å². The first-order valence-corrected chi connectivity index (χ1v) is 9.13. The largest absolute Gasteiger partial charge is 0.378 e. The number of hydrogen-bond acceptors (Lipinski definition) is 5. The maximum Gasteiger partial charge on any atom is 0.125 e. The van der Waals surface area contributed by atoms with Gasteiger partial charge in [0.2, 0.25) is 0 Å². The van der Waals surface area contributed by atoms with Crippen LogP contribution in [0, 0.1) is 6.92 Å². The van der Waals surface area contributed by atoms with Gasteiger partial charge in [-0.3, -0.25) is 4.98 Å². The lowest BCUT2D eigenvalue weighted by atomic mass is 9.86. The van der Waals surface area contributed by atoms with Crippen molar-refractivity contribution in [1.82, 2.24) is 15.0 Å². The van der Waals surface area contributed by atoms with Crippen LogP contribution in [-0.2, 0) is 16.8 Å². The third kappa shape index (κ3) is 3.30. The smallest absolute Gasteiger partial charge is 0.125 e. The Kier molecular flexibility index (Phi) is 4.40. The molecule has 0 atom stereocenters. The van der Waals surface area contributed by atoms with E-state index in [9.17, 15) is 0 Å². The van der Waals surface area contributed by atoms with Gasteiger partial charge in [0.05, 0.1) is 24.2 Å². The fourth-order valence-corrected chi connectivity index (χ4v) is 3.65. The Morgan fingerprint density at radius 1 is 1.00 bits per heavy atom. The molecular weight excluding hydrogens is 336 g/mol. The fraction of sp³-hybridized carbons (Fsp3) is 0.318. The predicted octanol–water partition coefficient (Wildman–Crippen LogP) is 4.42. The van der Waals surface area contributed by atoms with E-state index in [1.807, 2.05) is 31.6 Å². The second-order valence-corrected chi connectivity index (χ2v) is 7.66. The molecule has 2 aromatic heterocycles. The first-order chi connectivity index (χ1) is 13.0. The van der Waals surface area contributed by atoms with Crippen LogP contribution < -0.4 is 4.90 Å². The Morgan fingerprint density at radius 2 is 1.78 bits per heavy atom. The van der Waals surface area contributed by atoms with Crippen LogP contribution in [0.2, 0.25) is 0 Å². The van der Waals surface area contributed by atoms with Gasteiger partial charge < -0.3 is 9.64 Å². The molecule has 5 nitrogen and oxygen atoms in total. The summed E-state index contributed by atoms with van der Waals surface area (Å²) in [6.45, 7) is 7.92. The van der Waals surface area contributed by atoms with Gasteiger partial charge >= 0.3 is 0 Å². The fourth-order valence-electron chi connectivity index (χ4n) is 3.65. The predicted molar refractivity (Wildman–Crippen MR) is 107 cm³/mol. The Bertz CT molecular complexity index is 949. The molecule has 3 heterocycles. The van der Waals surface area contributed by atoms with Crippen molar-refractivity contribution < 1.29 is 4.74 Å². The van der Waals surface area contributed by atoms with Crippen molar-refractivity contribution in [3.05, 3.63) is 66.0 Å². The molecule has 4 rings (SSSR count). The molecule has 0 aliphatic carbocycles. The SMILES string of the molecule is COCc1ccc(N2CC(C)(C)c3ccc(-c4cnc(C)nc4)cc32)cn1. The van der Waals surface area contributed by atoms with E-state index in [1.54, 1.807) is 7.11 Å². The maximum atomic E-state index is 5.17. The van der Waals surface area contributed by atoms with Crippen molar-refractivity contribution in [3.63, 3.8) is 0 Å². The number of fused-ring (bicyclic) bond motifs is 1. The highest BCUT2D eigenvalue weighted by atomic mass is 16.5. The molecule has 0 amide bonds. The normalized spacial score (nSPS) is 15.0. The summed E-state index contributed by atoms with van der Waals surface area (Å²) >= 11 is 0. The Labute approximate surface area is 160 Å². The quantitative estimate of drug-likeness (QED) is 0.689. The molecule has 0 N–H and O–H groups in total. The summed E-state index contributed by atoms with van der Waals surface area (Å²) in [6.07, 6.45) is 5.70. The molecule has 0 saturated carbocycles. The number of aromatic nitrogens is 3. The van der Waals surface area contributed by atoms with Crippen molar-refractivity contribution in [2.75, 3.05) is 18.6 Å². The Hall–Kier alpha value is -2.79. The monoisotopic (exact) mass is 360 g/mol. The topological polar surface area (TPSA) is 51.1 Å². The lowest BCUT2D eigenvalue weighted by Crippen LogP contribution is -2.25. The molecule has 0 fully saturated rings. The number of ether oxygens (including phenoxy) is 1. The number of nitrogens with zero attached hydrogens (tertiary/aromatic N) is 4. The number of benzene rings is 1. The van der Waals surface area contributed by atoms with Crippen molar-refractivity contribution in [2.24, 2.45) is 0 Å². The molecule has 1 aromatic carbocycles. The highest BCUT2D eigenvalue weighted by Gasteiger charge is 2.36. The van der Waals surface area contributed by atoms with Gasteiger partial charge in [-0.1, -0.05) is 26.0 Å². The van der Waals surface area contributed by atoms with E-state index in [1.165, 1.54) is 11.3 Å². The first kappa shape index (κ1) is 17.6. The third-order valence-corrected chi connectivity index (χ3v) is 5.10. The summed E-state index contributed by atoms with van der Waals surface area (Å²) in [4.78, 5) is 15.6. The molecule has 3 aromatic rings. The lowest BCUT2D eigenvalue weighted by Gasteiger charge is -2.22. The number of anilines is 2. The maximum absolute atomic E-state index is 5.17. The van der Waals surface area contributed by atoms with Crippen LogP contribution in [0.15, 0.2) is 48.9 Å². The van der Waals surface area contributed by atoms with Crippen molar-refractivity contribution in [3.8, 4) is 11.1 Å². The van der Waals surface area contributed by atoms with E-state index in [0.717, 1.165) is 34.9 Å². The number of rotatable bonds is 4. The highest BCUT2D eigenvalue weighted by molar-refractivity contribution is 5.78. The second-order valence-electron chi connectivity index (χ2n) is 7.66. The standard InChI is InChI=1S/C22H24N4O/c1-15-23-10-17(11-24-15)16-5-8-20-21(9-16)26(14-22(20,2)3)19-7-6-18(13-27-4)25-12-19/h5-12H,13-14H2,1-4H3. The minimum atomic E-state index is 0.0723. The van der Waals surface area contributed by atoms with Crippen LogP contribution in [0.1, 0.15) is 30.9 Å². The van der Waals surface area contributed by atoms with Gasteiger partial charge in [0.1, 0.15) is 5.82 Å². The number of aryl methyl sites for hydroxylation is 1. The molecule has 27 heavy (non-hydrogen) atoms. The molecule has 0 bridgehead atoms. The van der Waals surface area contributed by atoms with Gasteiger partial charge in [-0.05, 0) is 36.2 Å². The van der Waals surface area contributed by atoms with Crippen LogP contribution in [0.4, 0.5) is 11.4 Å².